The van der Waals surface area contributed by atoms with Crippen molar-refractivity contribution < 1.29 is 24.5 Å². The monoisotopic (exact) mass is 368 g/mol. The van der Waals surface area contributed by atoms with Gasteiger partial charge in [-0.2, -0.15) is 0 Å². The van der Waals surface area contributed by atoms with Crippen LogP contribution in [0.3, 0.4) is 0 Å². The molecule has 2 N–H and O–H groups in total. The number of unbranched alkanes of at least 4 members (excludes halogenated alkanes) is 3. The van der Waals surface area contributed by atoms with Crippen LogP contribution >= 0.6 is 0 Å². The summed E-state index contributed by atoms with van der Waals surface area (Å²) in [4.78, 5) is 11.0. The fourth-order valence-corrected chi connectivity index (χ4v) is 3.11. The minimum atomic E-state index is -0.568. The van der Waals surface area contributed by atoms with Crippen LogP contribution in [0, 0.1) is 0 Å². The third-order valence-corrected chi connectivity index (χ3v) is 4.74. The summed E-state index contributed by atoms with van der Waals surface area (Å²) < 4.78 is 10.4. The van der Waals surface area contributed by atoms with Gasteiger partial charge in [0.15, 0.2) is 0 Å². The Bertz CT molecular complexity index is 432. The van der Waals surface area contributed by atoms with Gasteiger partial charge < -0.3 is 19.7 Å². The Morgan fingerprint density at radius 3 is 2.73 bits per heavy atom. The molecule has 1 heterocycles. The predicted octanol–water partition coefficient (Wildman–Crippen LogP) is 3.68. The van der Waals surface area contributed by atoms with Crippen molar-refractivity contribution in [3.8, 4) is 0 Å². The molecule has 4 atom stereocenters. The molecule has 1 saturated heterocycles. The fourth-order valence-electron chi connectivity index (χ4n) is 3.11. The van der Waals surface area contributed by atoms with Gasteiger partial charge in [-0.15, -0.1) is 0 Å². The number of aliphatic hydroxyl groups is 2. The van der Waals surface area contributed by atoms with Crippen LogP contribution in [-0.4, -0.2) is 47.7 Å². The minimum absolute atomic E-state index is 0.127. The van der Waals surface area contributed by atoms with Gasteiger partial charge in [0, 0.05) is 12.8 Å². The highest BCUT2D eigenvalue weighted by Gasteiger charge is 2.36. The van der Waals surface area contributed by atoms with Gasteiger partial charge in [-0.3, -0.25) is 4.79 Å². The highest BCUT2D eigenvalue weighted by Crippen LogP contribution is 2.27. The highest BCUT2D eigenvalue weighted by molar-refractivity contribution is 5.69. The Morgan fingerprint density at radius 2 is 2.00 bits per heavy atom. The number of carbonyl (C=O) groups is 1. The molecule has 1 aliphatic rings. The number of hydrogen-bond acceptors (Lipinski definition) is 5. The van der Waals surface area contributed by atoms with Crippen molar-refractivity contribution in [2.45, 2.75) is 95.5 Å². The quantitative estimate of drug-likeness (QED) is 0.295. The predicted molar refractivity (Wildman–Crippen MR) is 103 cm³/mol. The van der Waals surface area contributed by atoms with Gasteiger partial charge in [-0.1, -0.05) is 50.5 Å². The zero-order valence-electron chi connectivity index (χ0n) is 16.3. The molecule has 1 rings (SSSR count). The Hall–Kier alpha value is -1.17. The third kappa shape index (κ3) is 9.51. The first-order valence-electron chi connectivity index (χ1n) is 9.96. The van der Waals surface area contributed by atoms with E-state index in [1.54, 1.807) is 0 Å². The standard InChI is InChI=1S/C21H36O5/c1-3-4-10-14-19-18(23)16-20(26-19)17(22)13-11-8-6-5-7-9-12-15-21(24)25-2/h5,7-8,11,17-20,22-23H,3-4,6,9-10,12-16H2,1-2H3/t17?,18?,19-,20+/m1/s1. The second kappa shape index (κ2) is 14.0. The average molecular weight is 369 g/mol. The molecule has 1 aliphatic heterocycles. The minimum Gasteiger partial charge on any atom is -0.469 e. The van der Waals surface area contributed by atoms with Crippen LogP contribution in [0.4, 0.5) is 0 Å². The maximum Gasteiger partial charge on any atom is 0.305 e. The van der Waals surface area contributed by atoms with E-state index in [4.69, 9.17) is 4.74 Å². The number of aliphatic hydroxyl groups excluding tert-OH is 2. The molecule has 2 unspecified atom stereocenters. The van der Waals surface area contributed by atoms with E-state index < -0.39 is 12.2 Å². The Kier molecular flexibility index (Phi) is 12.3. The van der Waals surface area contributed by atoms with Crippen molar-refractivity contribution in [1.29, 1.82) is 0 Å². The van der Waals surface area contributed by atoms with E-state index in [0.29, 0.717) is 19.3 Å². The van der Waals surface area contributed by atoms with Crippen LogP contribution in [-0.2, 0) is 14.3 Å². The molecule has 0 radical (unpaired) electrons. The maximum absolute atomic E-state index is 11.0. The van der Waals surface area contributed by atoms with Crippen molar-refractivity contribution >= 4 is 5.97 Å². The largest absolute Gasteiger partial charge is 0.469 e. The summed E-state index contributed by atoms with van der Waals surface area (Å²) in [6.45, 7) is 2.16. The van der Waals surface area contributed by atoms with E-state index in [1.807, 2.05) is 12.2 Å². The molecular formula is C21H36O5. The lowest BCUT2D eigenvalue weighted by Gasteiger charge is -2.18. The fraction of sp³-hybridized carbons (Fsp3) is 0.762. The van der Waals surface area contributed by atoms with Crippen LogP contribution in [0.25, 0.3) is 0 Å². The summed E-state index contributed by atoms with van der Waals surface area (Å²) in [5.74, 6) is -0.167. The highest BCUT2D eigenvalue weighted by atomic mass is 16.5. The number of rotatable bonds is 13. The van der Waals surface area contributed by atoms with Crippen LogP contribution in [0.15, 0.2) is 24.3 Å². The number of esters is 1. The van der Waals surface area contributed by atoms with Gasteiger partial charge in [0.25, 0.3) is 0 Å². The lowest BCUT2D eigenvalue weighted by atomic mass is 10.0. The lowest BCUT2D eigenvalue weighted by Crippen LogP contribution is -2.25. The molecule has 150 valence electrons. The second-order valence-corrected chi connectivity index (χ2v) is 6.96. The Balaban J connectivity index is 2.14. The molecule has 5 heteroatoms. The van der Waals surface area contributed by atoms with Crippen molar-refractivity contribution in [3.05, 3.63) is 24.3 Å². The Labute approximate surface area is 158 Å². The number of methoxy groups -OCH3 is 1. The molecular weight excluding hydrogens is 332 g/mol. The van der Waals surface area contributed by atoms with Crippen molar-refractivity contribution in [2.75, 3.05) is 7.11 Å². The first kappa shape index (κ1) is 22.9. The van der Waals surface area contributed by atoms with Crippen molar-refractivity contribution in [2.24, 2.45) is 0 Å². The van der Waals surface area contributed by atoms with Crippen LogP contribution in [0.2, 0.25) is 0 Å². The maximum atomic E-state index is 11.0. The van der Waals surface area contributed by atoms with E-state index in [-0.39, 0.29) is 18.2 Å². The van der Waals surface area contributed by atoms with Crippen LogP contribution in [0.1, 0.15) is 71.1 Å². The summed E-state index contributed by atoms with van der Waals surface area (Å²) >= 11 is 0. The molecule has 5 nitrogen and oxygen atoms in total. The van der Waals surface area contributed by atoms with Gasteiger partial charge in [0.1, 0.15) is 0 Å². The molecule has 0 spiro atoms. The number of carbonyl (C=O) groups excluding carboxylic acids is 1. The average Bonchev–Trinajstić information content (AvgIpc) is 3.01. The number of ether oxygens (including phenoxy) is 2. The van der Waals surface area contributed by atoms with Gasteiger partial charge in [-0.05, 0) is 32.1 Å². The molecule has 0 aliphatic carbocycles. The topological polar surface area (TPSA) is 76.0 Å². The van der Waals surface area contributed by atoms with Gasteiger partial charge >= 0.3 is 5.97 Å². The zero-order valence-corrected chi connectivity index (χ0v) is 16.3. The second-order valence-electron chi connectivity index (χ2n) is 6.96. The molecule has 1 fully saturated rings. The summed E-state index contributed by atoms with van der Waals surface area (Å²) in [7, 11) is 1.40. The molecule has 0 bridgehead atoms. The molecule has 26 heavy (non-hydrogen) atoms. The lowest BCUT2D eigenvalue weighted by molar-refractivity contribution is -0.140. The first-order chi connectivity index (χ1) is 12.6. The number of hydrogen-bond donors (Lipinski definition) is 2. The van der Waals surface area contributed by atoms with Gasteiger partial charge in [0.2, 0.25) is 0 Å². The van der Waals surface area contributed by atoms with Crippen molar-refractivity contribution in [3.63, 3.8) is 0 Å². The van der Waals surface area contributed by atoms with E-state index in [2.05, 4.69) is 23.8 Å². The molecule has 0 aromatic heterocycles. The van der Waals surface area contributed by atoms with Gasteiger partial charge in [0.05, 0.1) is 31.5 Å². The van der Waals surface area contributed by atoms with Gasteiger partial charge in [-0.25, -0.2) is 0 Å². The normalized spacial score (nSPS) is 24.5. The van der Waals surface area contributed by atoms with Crippen molar-refractivity contribution in [1.82, 2.24) is 0 Å². The summed E-state index contributed by atoms with van der Waals surface area (Å²) in [6, 6.07) is 0. The molecule has 0 amide bonds. The SMILES string of the molecule is CCCCC[C@H]1O[C@H](C(O)CC=CCC=CCCCC(=O)OC)CC1O. The van der Waals surface area contributed by atoms with E-state index in [1.165, 1.54) is 7.11 Å². The molecule has 0 aromatic rings. The van der Waals surface area contributed by atoms with E-state index >= 15 is 0 Å². The number of allylic oxidation sites excluding steroid dienone is 3. The van der Waals surface area contributed by atoms with E-state index in [9.17, 15) is 15.0 Å². The Morgan fingerprint density at radius 1 is 1.23 bits per heavy atom. The molecule has 0 saturated carbocycles. The zero-order chi connectivity index (χ0) is 19.2. The summed E-state index contributed by atoms with van der Waals surface area (Å²) in [6.07, 6.45) is 14.9. The van der Waals surface area contributed by atoms with Crippen LogP contribution in [0.5, 0.6) is 0 Å². The van der Waals surface area contributed by atoms with E-state index in [0.717, 1.165) is 44.9 Å². The third-order valence-electron chi connectivity index (χ3n) is 4.74. The molecule has 0 aromatic carbocycles. The smallest absolute Gasteiger partial charge is 0.305 e. The van der Waals surface area contributed by atoms with Crippen LogP contribution < -0.4 is 0 Å². The summed E-state index contributed by atoms with van der Waals surface area (Å²) in [5.41, 5.74) is 0. The first-order valence-corrected chi connectivity index (χ1v) is 9.96. The summed E-state index contributed by atoms with van der Waals surface area (Å²) in [5, 5.41) is 20.3.